The summed E-state index contributed by atoms with van der Waals surface area (Å²) in [5.41, 5.74) is 2.23. The van der Waals surface area contributed by atoms with Gasteiger partial charge in [0.25, 0.3) is 0 Å². The first-order valence-corrected chi connectivity index (χ1v) is 7.85. The summed E-state index contributed by atoms with van der Waals surface area (Å²) in [7, 11) is 0. The van der Waals surface area contributed by atoms with E-state index in [0.29, 0.717) is 17.9 Å². The maximum absolute atomic E-state index is 13.6. The third kappa shape index (κ3) is 4.02. The molecule has 120 valence electrons. The standard InChI is InChI=1S/C19H23F3/c1-12(2)18(21)10-13(3)14-4-6-15(7-5-14)16-8-9-17(20)19(22)11-16/h10-11,14-15H,1,3-9H2,2H3/b18-10+. The third-order valence-electron chi connectivity index (χ3n) is 4.70. The van der Waals surface area contributed by atoms with Crippen LogP contribution >= 0.6 is 0 Å². The Kier molecular flexibility index (Phi) is 5.49. The van der Waals surface area contributed by atoms with Crippen LogP contribution in [0.2, 0.25) is 0 Å². The second-order valence-electron chi connectivity index (χ2n) is 6.37. The lowest BCUT2D eigenvalue weighted by molar-refractivity contribution is 0.328. The quantitative estimate of drug-likeness (QED) is 0.510. The summed E-state index contributed by atoms with van der Waals surface area (Å²) in [5.74, 6) is -1.07. The Morgan fingerprint density at radius 3 is 2.32 bits per heavy atom. The highest BCUT2D eigenvalue weighted by Crippen LogP contribution is 2.40. The Labute approximate surface area is 130 Å². The summed E-state index contributed by atoms with van der Waals surface area (Å²) >= 11 is 0. The van der Waals surface area contributed by atoms with Gasteiger partial charge in [-0.15, -0.1) is 0 Å². The molecule has 1 saturated carbocycles. The minimum Gasteiger partial charge on any atom is -0.209 e. The van der Waals surface area contributed by atoms with Gasteiger partial charge in [-0.1, -0.05) is 18.7 Å². The highest BCUT2D eigenvalue weighted by molar-refractivity contribution is 5.31. The van der Waals surface area contributed by atoms with Crippen LogP contribution in [0, 0.1) is 11.8 Å². The van der Waals surface area contributed by atoms with Gasteiger partial charge in [-0.3, -0.25) is 0 Å². The monoisotopic (exact) mass is 308 g/mol. The van der Waals surface area contributed by atoms with Crippen molar-refractivity contribution in [3.05, 3.63) is 59.5 Å². The van der Waals surface area contributed by atoms with Gasteiger partial charge >= 0.3 is 0 Å². The third-order valence-corrected chi connectivity index (χ3v) is 4.70. The number of rotatable bonds is 4. The molecule has 0 saturated heterocycles. The van der Waals surface area contributed by atoms with Gasteiger partial charge in [0.15, 0.2) is 5.83 Å². The van der Waals surface area contributed by atoms with E-state index in [9.17, 15) is 13.2 Å². The zero-order chi connectivity index (χ0) is 16.3. The molecule has 2 aliphatic carbocycles. The summed E-state index contributed by atoms with van der Waals surface area (Å²) in [6, 6.07) is 0. The minimum atomic E-state index is -0.709. The zero-order valence-electron chi connectivity index (χ0n) is 13.1. The minimum absolute atomic E-state index is 0.177. The van der Waals surface area contributed by atoms with Gasteiger partial charge in [0.05, 0.1) is 0 Å². The Bertz CT molecular complexity index is 555. The predicted octanol–water partition coefficient (Wildman–Crippen LogP) is 6.65. The molecule has 0 aromatic heterocycles. The van der Waals surface area contributed by atoms with Crippen LogP contribution < -0.4 is 0 Å². The van der Waals surface area contributed by atoms with Crippen LogP contribution in [0.3, 0.4) is 0 Å². The number of halogens is 3. The summed E-state index contributed by atoms with van der Waals surface area (Å²) in [4.78, 5) is 0. The SMILES string of the molecule is C=C(C)/C(F)=C\C(=C)C1CCC(C2=CC(F)=C(F)CC2)CC1. The molecule has 22 heavy (non-hydrogen) atoms. The van der Waals surface area contributed by atoms with Crippen molar-refractivity contribution in [2.45, 2.75) is 45.4 Å². The maximum atomic E-state index is 13.6. The molecule has 0 heterocycles. The van der Waals surface area contributed by atoms with E-state index in [1.807, 2.05) is 0 Å². The molecule has 2 aliphatic rings. The lowest BCUT2D eigenvalue weighted by Crippen LogP contribution is -2.18. The average Bonchev–Trinajstić information content (AvgIpc) is 2.50. The van der Waals surface area contributed by atoms with Crippen molar-refractivity contribution in [1.82, 2.24) is 0 Å². The molecule has 0 unspecified atom stereocenters. The molecule has 0 atom stereocenters. The number of allylic oxidation sites excluding steroid dienone is 8. The summed E-state index contributed by atoms with van der Waals surface area (Å²) < 4.78 is 40.0. The summed E-state index contributed by atoms with van der Waals surface area (Å²) in [5, 5.41) is 0. The molecule has 1 fully saturated rings. The van der Waals surface area contributed by atoms with E-state index in [-0.39, 0.29) is 18.2 Å². The second-order valence-corrected chi connectivity index (χ2v) is 6.37. The number of hydrogen-bond donors (Lipinski definition) is 0. The van der Waals surface area contributed by atoms with Gasteiger partial charge in [-0.2, -0.15) is 0 Å². The van der Waals surface area contributed by atoms with E-state index in [0.717, 1.165) is 36.8 Å². The molecule has 0 aromatic carbocycles. The lowest BCUT2D eigenvalue weighted by atomic mass is 9.74. The molecule has 3 heteroatoms. The van der Waals surface area contributed by atoms with E-state index < -0.39 is 11.7 Å². The van der Waals surface area contributed by atoms with E-state index in [4.69, 9.17) is 0 Å². The van der Waals surface area contributed by atoms with Crippen molar-refractivity contribution in [3.63, 3.8) is 0 Å². The van der Waals surface area contributed by atoms with Crippen LogP contribution in [0.15, 0.2) is 59.5 Å². The van der Waals surface area contributed by atoms with Crippen molar-refractivity contribution in [1.29, 1.82) is 0 Å². The molecular formula is C19H23F3. The van der Waals surface area contributed by atoms with Crippen molar-refractivity contribution in [2.75, 3.05) is 0 Å². The maximum Gasteiger partial charge on any atom is 0.154 e. The predicted molar refractivity (Wildman–Crippen MR) is 85.2 cm³/mol. The molecule has 0 nitrogen and oxygen atoms in total. The van der Waals surface area contributed by atoms with Gasteiger partial charge < -0.3 is 0 Å². The van der Waals surface area contributed by atoms with Crippen LogP contribution in [-0.2, 0) is 0 Å². The first-order valence-electron chi connectivity index (χ1n) is 7.85. The number of hydrogen-bond acceptors (Lipinski definition) is 0. The average molecular weight is 308 g/mol. The topological polar surface area (TPSA) is 0 Å². The largest absolute Gasteiger partial charge is 0.209 e. The van der Waals surface area contributed by atoms with E-state index >= 15 is 0 Å². The lowest BCUT2D eigenvalue weighted by Gasteiger charge is -2.31. The molecule has 0 radical (unpaired) electrons. The van der Waals surface area contributed by atoms with Crippen molar-refractivity contribution >= 4 is 0 Å². The van der Waals surface area contributed by atoms with Gasteiger partial charge in [0.2, 0.25) is 0 Å². The summed E-state index contributed by atoms with van der Waals surface area (Å²) in [6.07, 6.45) is 7.31. The van der Waals surface area contributed by atoms with Crippen molar-refractivity contribution in [3.8, 4) is 0 Å². The molecule has 0 amide bonds. The fourth-order valence-corrected chi connectivity index (χ4v) is 3.25. The van der Waals surface area contributed by atoms with Gasteiger partial charge in [0.1, 0.15) is 11.7 Å². The van der Waals surface area contributed by atoms with Crippen LogP contribution in [0.1, 0.15) is 45.4 Å². The van der Waals surface area contributed by atoms with E-state index in [1.54, 1.807) is 6.92 Å². The van der Waals surface area contributed by atoms with Gasteiger partial charge in [-0.05, 0) is 74.2 Å². The molecule has 0 aromatic rings. The van der Waals surface area contributed by atoms with E-state index in [2.05, 4.69) is 13.2 Å². The van der Waals surface area contributed by atoms with Crippen LogP contribution in [-0.4, -0.2) is 0 Å². The fraction of sp³-hybridized carbons (Fsp3) is 0.474. The first-order chi connectivity index (χ1) is 10.4. The smallest absolute Gasteiger partial charge is 0.154 e. The Hall–Kier alpha value is -1.51. The van der Waals surface area contributed by atoms with Crippen LogP contribution in [0.5, 0.6) is 0 Å². The molecule has 0 spiro atoms. The summed E-state index contributed by atoms with van der Waals surface area (Å²) in [6.45, 7) is 9.18. The molecule has 2 rings (SSSR count). The Morgan fingerprint density at radius 1 is 1.14 bits per heavy atom. The molecule has 0 aliphatic heterocycles. The van der Waals surface area contributed by atoms with Crippen molar-refractivity contribution < 1.29 is 13.2 Å². The van der Waals surface area contributed by atoms with Gasteiger partial charge in [0, 0.05) is 6.42 Å². The normalized spacial score (nSPS) is 26.7. The second kappa shape index (κ2) is 7.17. The van der Waals surface area contributed by atoms with Gasteiger partial charge in [-0.25, -0.2) is 13.2 Å². The first kappa shape index (κ1) is 16.9. The molecule has 0 bridgehead atoms. The highest BCUT2D eigenvalue weighted by atomic mass is 19.2. The van der Waals surface area contributed by atoms with Crippen LogP contribution in [0.4, 0.5) is 13.2 Å². The molecular weight excluding hydrogens is 285 g/mol. The Balaban J connectivity index is 1.94. The molecule has 0 N–H and O–H groups in total. The van der Waals surface area contributed by atoms with E-state index in [1.165, 1.54) is 12.2 Å². The Morgan fingerprint density at radius 2 is 1.77 bits per heavy atom. The zero-order valence-corrected chi connectivity index (χ0v) is 13.1. The fourth-order valence-electron chi connectivity index (χ4n) is 3.25. The highest BCUT2D eigenvalue weighted by Gasteiger charge is 2.27. The van der Waals surface area contributed by atoms with Crippen LogP contribution in [0.25, 0.3) is 0 Å². The van der Waals surface area contributed by atoms with Crippen molar-refractivity contribution in [2.24, 2.45) is 11.8 Å².